The van der Waals surface area contributed by atoms with Crippen LogP contribution in [0.2, 0.25) is 0 Å². The van der Waals surface area contributed by atoms with Crippen molar-refractivity contribution in [2.24, 2.45) is 11.8 Å². The zero-order valence-corrected chi connectivity index (χ0v) is 15.6. The fraction of sp³-hybridized carbons (Fsp3) is 1.00. The summed E-state index contributed by atoms with van der Waals surface area (Å²) in [6, 6.07) is 0.764. The molecule has 0 aromatic rings. The molecule has 0 aromatic heterocycles. The zero-order valence-electron chi connectivity index (χ0n) is 15.6. The van der Waals surface area contributed by atoms with Gasteiger partial charge in [-0.1, -0.05) is 34.1 Å². The van der Waals surface area contributed by atoms with Crippen molar-refractivity contribution in [3.63, 3.8) is 0 Å². The molecule has 1 atom stereocenters. The van der Waals surface area contributed by atoms with Gasteiger partial charge in [0.05, 0.1) is 12.2 Å². The standard InChI is InChI=1S/C19H38N2O/c1-6-16(4)14-20(5)17-11-19(12-17)22-18-7-9-21(10-8-18)13-15(2)3/h15-19H,6-14H2,1-5H3/t16-,17-,19-/m1/s1. The topological polar surface area (TPSA) is 15.7 Å². The summed E-state index contributed by atoms with van der Waals surface area (Å²) in [5.74, 6) is 1.60. The summed E-state index contributed by atoms with van der Waals surface area (Å²) in [5.41, 5.74) is 0. The van der Waals surface area contributed by atoms with Gasteiger partial charge in [0.25, 0.3) is 0 Å². The Bertz CT molecular complexity index is 307. The van der Waals surface area contributed by atoms with Gasteiger partial charge in [0.15, 0.2) is 0 Å². The molecule has 0 amide bonds. The Kier molecular flexibility index (Phi) is 7.17. The second kappa shape index (κ2) is 8.65. The summed E-state index contributed by atoms with van der Waals surface area (Å²) in [7, 11) is 2.29. The number of piperidine rings is 1. The average Bonchev–Trinajstić information content (AvgIpc) is 2.43. The third-order valence-electron chi connectivity index (χ3n) is 5.53. The van der Waals surface area contributed by atoms with Crippen LogP contribution in [0.4, 0.5) is 0 Å². The van der Waals surface area contributed by atoms with Crippen molar-refractivity contribution >= 4 is 0 Å². The molecule has 3 nitrogen and oxygen atoms in total. The van der Waals surface area contributed by atoms with Crippen LogP contribution in [0.15, 0.2) is 0 Å². The van der Waals surface area contributed by atoms with E-state index in [0.717, 1.165) is 17.9 Å². The van der Waals surface area contributed by atoms with Crippen LogP contribution < -0.4 is 0 Å². The molecule has 0 aromatic carbocycles. The lowest BCUT2D eigenvalue weighted by Gasteiger charge is -2.44. The summed E-state index contributed by atoms with van der Waals surface area (Å²) >= 11 is 0. The van der Waals surface area contributed by atoms with Crippen LogP contribution in [0.25, 0.3) is 0 Å². The number of hydrogen-bond acceptors (Lipinski definition) is 3. The molecule has 2 rings (SSSR count). The van der Waals surface area contributed by atoms with E-state index < -0.39 is 0 Å². The summed E-state index contributed by atoms with van der Waals surface area (Å²) in [4.78, 5) is 5.16. The summed E-state index contributed by atoms with van der Waals surface area (Å²) < 4.78 is 6.34. The van der Waals surface area contributed by atoms with E-state index in [1.807, 2.05) is 0 Å². The molecule has 1 aliphatic carbocycles. The molecule has 22 heavy (non-hydrogen) atoms. The third kappa shape index (κ3) is 5.50. The summed E-state index contributed by atoms with van der Waals surface area (Å²) in [6.45, 7) is 14.2. The first-order valence-electron chi connectivity index (χ1n) is 9.56. The maximum absolute atomic E-state index is 6.34. The molecule has 0 unspecified atom stereocenters. The molecule has 0 spiro atoms. The van der Waals surface area contributed by atoms with Crippen LogP contribution in [0.3, 0.4) is 0 Å². The Morgan fingerprint density at radius 3 is 2.27 bits per heavy atom. The van der Waals surface area contributed by atoms with Crippen molar-refractivity contribution < 1.29 is 4.74 Å². The van der Waals surface area contributed by atoms with Crippen molar-refractivity contribution in [2.75, 3.05) is 33.2 Å². The lowest BCUT2D eigenvalue weighted by atomic mass is 9.87. The molecule has 130 valence electrons. The van der Waals surface area contributed by atoms with Gasteiger partial charge in [-0.3, -0.25) is 0 Å². The molecule has 0 radical (unpaired) electrons. The van der Waals surface area contributed by atoms with E-state index in [4.69, 9.17) is 4.74 Å². The van der Waals surface area contributed by atoms with Gasteiger partial charge >= 0.3 is 0 Å². The average molecular weight is 311 g/mol. The van der Waals surface area contributed by atoms with Gasteiger partial charge in [0, 0.05) is 32.2 Å². The highest BCUT2D eigenvalue weighted by molar-refractivity contribution is 4.88. The van der Waals surface area contributed by atoms with Crippen LogP contribution in [0.5, 0.6) is 0 Å². The van der Waals surface area contributed by atoms with Gasteiger partial charge < -0.3 is 14.5 Å². The predicted molar refractivity (Wildman–Crippen MR) is 94.3 cm³/mol. The van der Waals surface area contributed by atoms with Crippen molar-refractivity contribution in [1.29, 1.82) is 0 Å². The van der Waals surface area contributed by atoms with E-state index in [1.54, 1.807) is 0 Å². The van der Waals surface area contributed by atoms with E-state index in [1.165, 1.54) is 58.3 Å². The molecule has 1 heterocycles. The highest BCUT2D eigenvalue weighted by Gasteiger charge is 2.35. The van der Waals surface area contributed by atoms with Gasteiger partial charge in [0.1, 0.15) is 0 Å². The van der Waals surface area contributed by atoms with Crippen molar-refractivity contribution in [3.05, 3.63) is 0 Å². The molecule has 0 bridgehead atoms. The Hall–Kier alpha value is -0.120. The van der Waals surface area contributed by atoms with E-state index in [-0.39, 0.29) is 0 Å². The molecule has 1 saturated carbocycles. The molecule has 1 aliphatic heterocycles. The summed E-state index contributed by atoms with van der Waals surface area (Å²) in [6.07, 6.45) is 7.30. The lowest BCUT2D eigenvalue weighted by Crippen LogP contribution is -2.49. The van der Waals surface area contributed by atoms with Crippen LogP contribution in [0, 0.1) is 11.8 Å². The molecule has 2 aliphatic rings. The van der Waals surface area contributed by atoms with Gasteiger partial charge in [0.2, 0.25) is 0 Å². The minimum Gasteiger partial charge on any atom is -0.375 e. The molecule has 2 fully saturated rings. The van der Waals surface area contributed by atoms with Crippen LogP contribution in [-0.4, -0.2) is 61.3 Å². The second-order valence-corrected chi connectivity index (χ2v) is 8.23. The quantitative estimate of drug-likeness (QED) is 0.681. The number of ether oxygens (including phenoxy) is 1. The molecular weight excluding hydrogens is 272 g/mol. The molecule has 0 N–H and O–H groups in total. The molecule has 1 saturated heterocycles. The maximum Gasteiger partial charge on any atom is 0.0608 e. The fourth-order valence-electron chi connectivity index (χ4n) is 3.80. The van der Waals surface area contributed by atoms with Gasteiger partial charge in [-0.15, -0.1) is 0 Å². The molecular formula is C19H38N2O. The van der Waals surface area contributed by atoms with Gasteiger partial charge in [-0.25, -0.2) is 0 Å². The minimum atomic E-state index is 0.522. The Balaban J connectivity index is 1.59. The van der Waals surface area contributed by atoms with Crippen molar-refractivity contribution in [2.45, 2.75) is 78.0 Å². The first-order chi connectivity index (χ1) is 10.5. The highest BCUT2D eigenvalue weighted by atomic mass is 16.5. The Morgan fingerprint density at radius 1 is 1.09 bits per heavy atom. The van der Waals surface area contributed by atoms with E-state index in [9.17, 15) is 0 Å². The SMILES string of the molecule is CC[C@@H](C)CN(C)[C@H]1C[C@H](OC2CCN(CC(C)C)CC2)C1. The number of rotatable bonds is 8. The normalized spacial score (nSPS) is 29.0. The minimum absolute atomic E-state index is 0.522. The Morgan fingerprint density at radius 2 is 1.73 bits per heavy atom. The van der Waals surface area contributed by atoms with E-state index >= 15 is 0 Å². The highest BCUT2D eigenvalue weighted by Crippen LogP contribution is 2.31. The first kappa shape index (κ1) is 18.2. The first-order valence-corrected chi connectivity index (χ1v) is 9.56. The van der Waals surface area contributed by atoms with Crippen LogP contribution in [0.1, 0.15) is 59.8 Å². The second-order valence-electron chi connectivity index (χ2n) is 8.23. The number of hydrogen-bond donors (Lipinski definition) is 0. The molecule has 3 heteroatoms. The number of likely N-dealkylation sites (tertiary alicyclic amines) is 1. The monoisotopic (exact) mass is 310 g/mol. The van der Waals surface area contributed by atoms with Gasteiger partial charge in [-0.2, -0.15) is 0 Å². The maximum atomic E-state index is 6.34. The smallest absolute Gasteiger partial charge is 0.0608 e. The zero-order chi connectivity index (χ0) is 16.1. The fourth-order valence-corrected chi connectivity index (χ4v) is 3.80. The van der Waals surface area contributed by atoms with Crippen molar-refractivity contribution in [3.8, 4) is 0 Å². The lowest BCUT2D eigenvalue weighted by molar-refractivity contribution is -0.102. The van der Waals surface area contributed by atoms with E-state index in [0.29, 0.717) is 12.2 Å². The number of nitrogens with zero attached hydrogens (tertiary/aromatic N) is 2. The van der Waals surface area contributed by atoms with E-state index in [2.05, 4.69) is 44.5 Å². The third-order valence-corrected chi connectivity index (χ3v) is 5.53. The Labute approximate surface area is 138 Å². The summed E-state index contributed by atoms with van der Waals surface area (Å²) in [5, 5.41) is 0. The van der Waals surface area contributed by atoms with Crippen LogP contribution in [-0.2, 0) is 4.74 Å². The predicted octanol–water partition coefficient (Wildman–Crippen LogP) is 3.63. The van der Waals surface area contributed by atoms with Crippen molar-refractivity contribution in [1.82, 2.24) is 9.80 Å². The largest absolute Gasteiger partial charge is 0.375 e. The van der Waals surface area contributed by atoms with Crippen LogP contribution >= 0.6 is 0 Å². The van der Waals surface area contributed by atoms with Gasteiger partial charge in [-0.05, 0) is 44.6 Å².